The van der Waals surface area contributed by atoms with E-state index in [-0.39, 0.29) is 6.04 Å². The first-order chi connectivity index (χ1) is 8.16. The van der Waals surface area contributed by atoms with Crippen molar-refractivity contribution in [2.45, 2.75) is 25.3 Å². The molecule has 2 rings (SSSR count). The number of hydrogen-bond acceptors (Lipinski definition) is 3. The maximum Gasteiger partial charge on any atom is 0.320 e. The maximum absolute atomic E-state index is 11.0. The number of rotatable bonds is 4. The van der Waals surface area contributed by atoms with E-state index in [4.69, 9.17) is 10.8 Å². The molecule has 1 aromatic carbocycles. The van der Waals surface area contributed by atoms with Crippen LogP contribution in [0.15, 0.2) is 24.3 Å². The number of benzene rings is 1. The third-order valence-corrected chi connectivity index (χ3v) is 3.32. The van der Waals surface area contributed by atoms with Crippen molar-refractivity contribution in [3.63, 3.8) is 0 Å². The van der Waals surface area contributed by atoms with E-state index in [0.717, 1.165) is 38.0 Å². The SMILES string of the molecule is Nc1ccc(CCN2CCC[C@@H]2C(=O)O)cc1. The highest BCUT2D eigenvalue weighted by Crippen LogP contribution is 2.18. The summed E-state index contributed by atoms with van der Waals surface area (Å²) in [5, 5.41) is 9.06. The summed E-state index contributed by atoms with van der Waals surface area (Å²) in [7, 11) is 0. The summed E-state index contributed by atoms with van der Waals surface area (Å²) >= 11 is 0. The molecule has 0 spiro atoms. The van der Waals surface area contributed by atoms with Gasteiger partial charge < -0.3 is 10.8 Å². The van der Waals surface area contributed by atoms with E-state index in [0.29, 0.717) is 0 Å². The minimum Gasteiger partial charge on any atom is -0.480 e. The monoisotopic (exact) mass is 234 g/mol. The number of carboxylic acid groups (broad SMARTS) is 1. The molecule has 1 heterocycles. The molecule has 1 atom stereocenters. The van der Waals surface area contributed by atoms with Crippen LogP contribution in [0.2, 0.25) is 0 Å². The Labute approximate surface area is 101 Å². The first-order valence-electron chi connectivity index (χ1n) is 5.98. The largest absolute Gasteiger partial charge is 0.480 e. The fraction of sp³-hybridized carbons (Fsp3) is 0.462. The normalized spacial score (nSPS) is 20.6. The highest BCUT2D eigenvalue weighted by molar-refractivity contribution is 5.73. The van der Waals surface area contributed by atoms with E-state index < -0.39 is 5.97 Å². The van der Waals surface area contributed by atoms with Gasteiger partial charge in [-0.05, 0) is 43.5 Å². The predicted molar refractivity (Wildman–Crippen MR) is 66.8 cm³/mol. The highest BCUT2D eigenvalue weighted by Gasteiger charge is 2.29. The lowest BCUT2D eigenvalue weighted by Crippen LogP contribution is -2.37. The molecule has 1 aliphatic rings. The minimum atomic E-state index is -0.695. The quantitative estimate of drug-likeness (QED) is 0.772. The van der Waals surface area contributed by atoms with E-state index >= 15 is 0 Å². The lowest BCUT2D eigenvalue weighted by Gasteiger charge is -2.20. The summed E-state index contributed by atoms with van der Waals surface area (Å²) in [6.07, 6.45) is 2.64. The minimum absolute atomic E-state index is 0.288. The molecule has 0 aliphatic carbocycles. The van der Waals surface area contributed by atoms with Crippen LogP contribution in [0, 0.1) is 0 Å². The topological polar surface area (TPSA) is 66.6 Å². The molecule has 92 valence electrons. The Hall–Kier alpha value is -1.55. The standard InChI is InChI=1S/C13H18N2O2/c14-11-5-3-10(4-6-11)7-9-15-8-1-2-12(15)13(16)17/h3-6,12H,1-2,7-9,14H2,(H,16,17)/t12-/m1/s1. The van der Waals surface area contributed by atoms with Crippen molar-refractivity contribution < 1.29 is 9.90 Å². The number of carboxylic acids is 1. The number of nitrogen functional groups attached to an aromatic ring is 1. The molecular weight excluding hydrogens is 216 g/mol. The molecule has 0 bridgehead atoms. The van der Waals surface area contributed by atoms with Crippen LogP contribution in [0.5, 0.6) is 0 Å². The lowest BCUT2D eigenvalue weighted by molar-refractivity contribution is -0.142. The van der Waals surface area contributed by atoms with Gasteiger partial charge >= 0.3 is 5.97 Å². The van der Waals surface area contributed by atoms with E-state index in [9.17, 15) is 4.79 Å². The summed E-state index contributed by atoms with van der Waals surface area (Å²) < 4.78 is 0. The summed E-state index contributed by atoms with van der Waals surface area (Å²) in [6, 6.07) is 7.48. The number of anilines is 1. The van der Waals surface area contributed by atoms with Crippen LogP contribution >= 0.6 is 0 Å². The van der Waals surface area contributed by atoms with E-state index in [1.54, 1.807) is 0 Å². The Kier molecular flexibility index (Phi) is 3.64. The zero-order valence-corrected chi connectivity index (χ0v) is 9.80. The Morgan fingerprint density at radius 3 is 2.76 bits per heavy atom. The number of nitrogens with zero attached hydrogens (tertiary/aromatic N) is 1. The molecule has 3 N–H and O–H groups in total. The lowest BCUT2D eigenvalue weighted by atomic mass is 10.1. The average Bonchev–Trinajstić information content (AvgIpc) is 2.76. The molecule has 0 amide bonds. The molecule has 0 radical (unpaired) electrons. The zero-order chi connectivity index (χ0) is 12.3. The van der Waals surface area contributed by atoms with Gasteiger partial charge in [0, 0.05) is 12.2 Å². The highest BCUT2D eigenvalue weighted by atomic mass is 16.4. The van der Waals surface area contributed by atoms with Gasteiger partial charge in [0.05, 0.1) is 0 Å². The van der Waals surface area contributed by atoms with Crippen LogP contribution in [0.1, 0.15) is 18.4 Å². The van der Waals surface area contributed by atoms with Crippen molar-refractivity contribution in [1.29, 1.82) is 0 Å². The maximum atomic E-state index is 11.0. The molecule has 0 aromatic heterocycles. The number of hydrogen-bond donors (Lipinski definition) is 2. The van der Waals surface area contributed by atoms with Gasteiger partial charge in [-0.1, -0.05) is 12.1 Å². The first-order valence-corrected chi connectivity index (χ1v) is 5.98. The Morgan fingerprint density at radius 1 is 1.41 bits per heavy atom. The first kappa shape index (κ1) is 11.9. The second-order valence-electron chi connectivity index (χ2n) is 4.52. The van der Waals surface area contributed by atoms with Crippen molar-refractivity contribution in [2.75, 3.05) is 18.8 Å². The summed E-state index contributed by atoms with van der Waals surface area (Å²) in [5.41, 5.74) is 7.58. The van der Waals surface area contributed by atoms with Crippen LogP contribution in [-0.2, 0) is 11.2 Å². The molecule has 1 fully saturated rings. The van der Waals surface area contributed by atoms with Gasteiger partial charge in [0.25, 0.3) is 0 Å². The molecule has 0 saturated carbocycles. The van der Waals surface area contributed by atoms with Crippen molar-refractivity contribution >= 4 is 11.7 Å². The Bertz CT molecular complexity index is 389. The second-order valence-corrected chi connectivity index (χ2v) is 4.52. The third kappa shape index (κ3) is 2.97. The van der Waals surface area contributed by atoms with Gasteiger partial charge in [0.1, 0.15) is 6.04 Å². The summed E-state index contributed by atoms with van der Waals surface area (Å²) in [6.45, 7) is 1.70. The smallest absolute Gasteiger partial charge is 0.320 e. The van der Waals surface area contributed by atoms with E-state index in [2.05, 4.69) is 4.90 Å². The van der Waals surface area contributed by atoms with Gasteiger partial charge in [-0.15, -0.1) is 0 Å². The van der Waals surface area contributed by atoms with Crippen molar-refractivity contribution in [3.05, 3.63) is 29.8 Å². The summed E-state index contributed by atoms with van der Waals surface area (Å²) in [4.78, 5) is 13.1. The fourth-order valence-corrected chi connectivity index (χ4v) is 2.33. The van der Waals surface area contributed by atoms with Gasteiger partial charge in [-0.3, -0.25) is 9.69 Å². The molecule has 1 aliphatic heterocycles. The van der Waals surface area contributed by atoms with Gasteiger partial charge in [0.15, 0.2) is 0 Å². The number of nitrogens with two attached hydrogens (primary N) is 1. The molecule has 17 heavy (non-hydrogen) atoms. The van der Waals surface area contributed by atoms with Crippen molar-refractivity contribution in [1.82, 2.24) is 4.90 Å². The van der Waals surface area contributed by atoms with Gasteiger partial charge in [-0.2, -0.15) is 0 Å². The Balaban J connectivity index is 1.89. The predicted octanol–water partition coefficient (Wildman–Crippen LogP) is 1.36. The second kappa shape index (κ2) is 5.19. The molecule has 1 aromatic rings. The molecular formula is C13H18N2O2. The molecule has 4 nitrogen and oxygen atoms in total. The van der Waals surface area contributed by atoms with E-state index in [1.165, 1.54) is 5.56 Å². The van der Waals surface area contributed by atoms with Crippen LogP contribution in [0.3, 0.4) is 0 Å². The van der Waals surface area contributed by atoms with Crippen molar-refractivity contribution in [3.8, 4) is 0 Å². The molecule has 1 saturated heterocycles. The number of likely N-dealkylation sites (tertiary alicyclic amines) is 1. The molecule has 0 unspecified atom stereocenters. The van der Waals surface area contributed by atoms with Gasteiger partial charge in [-0.25, -0.2) is 0 Å². The van der Waals surface area contributed by atoms with Crippen LogP contribution in [-0.4, -0.2) is 35.1 Å². The van der Waals surface area contributed by atoms with Crippen LogP contribution < -0.4 is 5.73 Å². The number of aliphatic carboxylic acids is 1. The van der Waals surface area contributed by atoms with Crippen molar-refractivity contribution in [2.24, 2.45) is 0 Å². The Morgan fingerprint density at radius 2 is 2.12 bits per heavy atom. The van der Waals surface area contributed by atoms with Crippen LogP contribution in [0.25, 0.3) is 0 Å². The number of carbonyl (C=O) groups is 1. The van der Waals surface area contributed by atoms with Crippen LogP contribution in [0.4, 0.5) is 5.69 Å². The van der Waals surface area contributed by atoms with Gasteiger partial charge in [0.2, 0.25) is 0 Å². The average molecular weight is 234 g/mol. The third-order valence-electron chi connectivity index (χ3n) is 3.32. The zero-order valence-electron chi connectivity index (χ0n) is 9.80. The summed E-state index contributed by atoms with van der Waals surface area (Å²) in [5.74, 6) is -0.695. The van der Waals surface area contributed by atoms with E-state index in [1.807, 2.05) is 24.3 Å². The fourth-order valence-electron chi connectivity index (χ4n) is 2.33. The molecule has 4 heteroatoms.